The van der Waals surface area contributed by atoms with E-state index >= 15 is 0 Å². The lowest BCUT2D eigenvalue weighted by molar-refractivity contribution is -0.124. The number of pyridine rings is 1. The third-order valence-electron chi connectivity index (χ3n) is 4.42. The van der Waals surface area contributed by atoms with E-state index in [1.807, 2.05) is 0 Å². The lowest BCUT2D eigenvalue weighted by Crippen LogP contribution is -2.34. The van der Waals surface area contributed by atoms with E-state index in [2.05, 4.69) is 5.32 Å². The Balaban J connectivity index is 1.38. The molecule has 3 heterocycles. The number of carbonyl (C=O) groups excluding carboxylic acids is 2. The van der Waals surface area contributed by atoms with Crippen LogP contribution >= 0.6 is 22.9 Å². The molecule has 0 bridgehead atoms. The fourth-order valence-corrected chi connectivity index (χ4v) is 3.95. The first kappa shape index (κ1) is 19.4. The van der Waals surface area contributed by atoms with Gasteiger partial charge in [0, 0.05) is 23.6 Å². The summed E-state index contributed by atoms with van der Waals surface area (Å²) < 4.78 is 7.51. The van der Waals surface area contributed by atoms with Crippen LogP contribution in [0.25, 0.3) is 5.69 Å². The Hall–Kier alpha value is -2.94. The molecular weight excluding hydrogens is 414 g/mol. The summed E-state index contributed by atoms with van der Waals surface area (Å²) in [5.41, 5.74) is 1.12. The zero-order valence-corrected chi connectivity index (χ0v) is 16.7. The number of amides is 2. The maximum Gasteiger partial charge on any atom is 0.265 e. The van der Waals surface area contributed by atoms with Gasteiger partial charge in [-0.1, -0.05) is 17.7 Å². The van der Waals surface area contributed by atoms with E-state index in [0.717, 1.165) is 0 Å². The Morgan fingerprint density at radius 2 is 1.90 bits per heavy atom. The highest BCUT2D eigenvalue weighted by Crippen LogP contribution is 2.24. The Bertz CT molecular complexity index is 1110. The molecule has 1 atom stereocenters. The van der Waals surface area contributed by atoms with Crippen LogP contribution in [0.15, 0.2) is 65.6 Å². The number of hydrogen-bond donors (Lipinski definition) is 1. The van der Waals surface area contributed by atoms with Crippen LogP contribution in [0, 0.1) is 0 Å². The number of thiophene rings is 1. The number of benzene rings is 1. The average molecular weight is 430 g/mol. The molecule has 0 saturated carbocycles. The van der Waals surface area contributed by atoms with Gasteiger partial charge in [0.1, 0.15) is 6.73 Å². The Labute approximate surface area is 175 Å². The molecule has 2 amide bonds. The molecule has 9 heteroatoms. The highest BCUT2D eigenvalue weighted by atomic mass is 35.5. The minimum absolute atomic E-state index is 0.0439. The van der Waals surface area contributed by atoms with Crippen molar-refractivity contribution < 1.29 is 14.3 Å². The van der Waals surface area contributed by atoms with E-state index in [0.29, 0.717) is 20.6 Å². The number of carbonyl (C=O) groups is 2. The molecule has 2 aromatic heterocycles. The summed E-state index contributed by atoms with van der Waals surface area (Å²) in [6.45, 7) is 0.208. The maximum atomic E-state index is 12.5. The van der Waals surface area contributed by atoms with Crippen LogP contribution in [0.1, 0.15) is 9.67 Å². The molecule has 148 valence electrons. The molecule has 1 aliphatic rings. The smallest absolute Gasteiger partial charge is 0.265 e. The van der Waals surface area contributed by atoms with Gasteiger partial charge in [-0.3, -0.25) is 19.0 Å². The van der Waals surface area contributed by atoms with E-state index in [-0.39, 0.29) is 30.6 Å². The molecule has 1 fully saturated rings. The summed E-state index contributed by atoms with van der Waals surface area (Å²) in [4.78, 5) is 38.8. The molecule has 7 nitrogen and oxygen atoms in total. The Morgan fingerprint density at radius 1 is 1.10 bits per heavy atom. The minimum atomic E-state index is -0.759. The van der Waals surface area contributed by atoms with Crippen molar-refractivity contribution in [2.75, 3.05) is 18.6 Å². The van der Waals surface area contributed by atoms with Gasteiger partial charge in [-0.05, 0) is 42.5 Å². The van der Waals surface area contributed by atoms with Crippen molar-refractivity contribution in [2.45, 2.75) is 6.10 Å². The van der Waals surface area contributed by atoms with Gasteiger partial charge in [-0.2, -0.15) is 0 Å². The monoisotopic (exact) mass is 429 g/mol. The van der Waals surface area contributed by atoms with Gasteiger partial charge < -0.3 is 15.0 Å². The number of anilines is 1. The van der Waals surface area contributed by atoms with E-state index in [9.17, 15) is 14.4 Å². The van der Waals surface area contributed by atoms with Crippen molar-refractivity contribution >= 4 is 40.4 Å². The summed E-state index contributed by atoms with van der Waals surface area (Å²) in [5, 5.41) is 2.77. The van der Waals surface area contributed by atoms with Gasteiger partial charge in [0.25, 0.3) is 17.4 Å². The lowest BCUT2D eigenvalue weighted by Gasteiger charge is -2.13. The van der Waals surface area contributed by atoms with Crippen molar-refractivity contribution in [2.24, 2.45) is 0 Å². The van der Waals surface area contributed by atoms with Gasteiger partial charge in [0.05, 0.1) is 15.8 Å². The fourth-order valence-electron chi connectivity index (χ4n) is 2.94. The summed E-state index contributed by atoms with van der Waals surface area (Å²) in [7, 11) is 0. The van der Waals surface area contributed by atoms with Crippen molar-refractivity contribution in [3.8, 4) is 5.69 Å². The number of halogens is 1. The first-order valence-corrected chi connectivity index (χ1v) is 9.96. The molecule has 1 aliphatic heterocycles. The molecule has 1 aromatic carbocycles. The number of nitrogens with one attached hydrogen (secondary N) is 1. The number of aromatic nitrogens is 1. The van der Waals surface area contributed by atoms with E-state index < -0.39 is 6.10 Å². The summed E-state index contributed by atoms with van der Waals surface area (Å²) >= 11 is 7.06. The van der Waals surface area contributed by atoms with Crippen LogP contribution in [0.4, 0.5) is 5.69 Å². The predicted octanol–water partition coefficient (Wildman–Crippen LogP) is 2.99. The first-order valence-electron chi connectivity index (χ1n) is 8.76. The minimum Gasteiger partial charge on any atom is -0.346 e. The van der Waals surface area contributed by atoms with Crippen molar-refractivity contribution in [3.05, 3.63) is 80.4 Å². The third kappa shape index (κ3) is 4.24. The first-order chi connectivity index (χ1) is 14.0. The van der Waals surface area contributed by atoms with Gasteiger partial charge in [0.15, 0.2) is 6.10 Å². The molecule has 29 heavy (non-hydrogen) atoms. The summed E-state index contributed by atoms with van der Waals surface area (Å²) in [6, 6.07) is 15.1. The van der Waals surface area contributed by atoms with E-state index in [1.165, 1.54) is 26.9 Å². The van der Waals surface area contributed by atoms with E-state index in [1.54, 1.807) is 54.7 Å². The Kier molecular flexibility index (Phi) is 5.48. The largest absolute Gasteiger partial charge is 0.346 e. The van der Waals surface area contributed by atoms with Crippen LogP contribution < -0.4 is 10.9 Å². The molecule has 0 spiro atoms. The molecule has 1 saturated heterocycles. The van der Waals surface area contributed by atoms with Gasteiger partial charge in [0.2, 0.25) is 0 Å². The highest BCUT2D eigenvalue weighted by Gasteiger charge is 2.33. The molecule has 0 aliphatic carbocycles. The second kappa shape index (κ2) is 8.20. The number of ether oxygens (including phenoxy) is 1. The molecule has 0 radical (unpaired) electrons. The second-order valence-electron chi connectivity index (χ2n) is 6.36. The van der Waals surface area contributed by atoms with E-state index in [4.69, 9.17) is 16.3 Å². The molecular formula is C20H16ClN3O4S. The molecule has 4 rings (SSSR count). The average Bonchev–Trinajstić information content (AvgIpc) is 3.38. The third-order valence-corrected chi connectivity index (χ3v) is 5.64. The predicted molar refractivity (Wildman–Crippen MR) is 111 cm³/mol. The van der Waals surface area contributed by atoms with Gasteiger partial charge in [-0.15, -0.1) is 11.3 Å². The summed E-state index contributed by atoms with van der Waals surface area (Å²) in [6.07, 6.45) is 0.917. The van der Waals surface area contributed by atoms with Crippen molar-refractivity contribution in [3.63, 3.8) is 0 Å². The fraction of sp³-hybridized carbons (Fsp3) is 0.150. The summed E-state index contributed by atoms with van der Waals surface area (Å²) in [5.74, 6) is -0.552. The number of rotatable bonds is 4. The van der Waals surface area contributed by atoms with Crippen LogP contribution in [0.3, 0.4) is 0 Å². The SMILES string of the molecule is O=C(Nc1ccc(-n2ccccc2=O)cc1)C1CN(C(=O)c2ccc(Cl)s2)CO1. The maximum absolute atomic E-state index is 12.5. The van der Waals surface area contributed by atoms with Crippen molar-refractivity contribution in [1.29, 1.82) is 0 Å². The zero-order valence-electron chi connectivity index (χ0n) is 15.1. The molecule has 1 N–H and O–H groups in total. The highest BCUT2D eigenvalue weighted by molar-refractivity contribution is 7.17. The molecule has 1 unspecified atom stereocenters. The topological polar surface area (TPSA) is 80.6 Å². The van der Waals surface area contributed by atoms with Crippen LogP contribution in [-0.2, 0) is 9.53 Å². The zero-order chi connectivity index (χ0) is 20.4. The van der Waals surface area contributed by atoms with Crippen molar-refractivity contribution in [1.82, 2.24) is 9.47 Å². The Morgan fingerprint density at radius 3 is 2.59 bits per heavy atom. The molecule has 3 aromatic rings. The lowest BCUT2D eigenvalue weighted by atomic mass is 10.2. The standard InChI is InChI=1S/C20H16ClN3O4S/c21-17-9-8-16(29-17)20(27)23-11-15(28-12-23)19(26)22-13-4-6-14(7-5-13)24-10-2-1-3-18(24)25/h1-10,15H,11-12H2,(H,22,26). The number of nitrogens with zero attached hydrogens (tertiary/aromatic N) is 2. The van der Waals surface area contributed by atoms with Crippen LogP contribution in [0.2, 0.25) is 4.34 Å². The van der Waals surface area contributed by atoms with Gasteiger partial charge >= 0.3 is 0 Å². The normalized spacial score (nSPS) is 16.0. The van der Waals surface area contributed by atoms with Crippen LogP contribution in [0.5, 0.6) is 0 Å². The van der Waals surface area contributed by atoms with Gasteiger partial charge in [-0.25, -0.2) is 0 Å². The quantitative estimate of drug-likeness (QED) is 0.691. The van der Waals surface area contributed by atoms with Crippen LogP contribution in [-0.4, -0.2) is 40.7 Å². The second-order valence-corrected chi connectivity index (χ2v) is 8.08. The number of hydrogen-bond acceptors (Lipinski definition) is 5.